The van der Waals surface area contributed by atoms with Crippen molar-refractivity contribution in [3.05, 3.63) is 138 Å². The minimum absolute atomic E-state index is 0.0126. The van der Waals surface area contributed by atoms with E-state index >= 15 is 0 Å². The molecular formula is C30H27N3O3S. The zero-order valence-corrected chi connectivity index (χ0v) is 20.9. The van der Waals surface area contributed by atoms with Crippen molar-refractivity contribution in [1.29, 1.82) is 0 Å². The van der Waals surface area contributed by atoms with E-state index in [9.17, 15) is 9.59 Å². The largest absolute Gasteiger partial charge is 0.493 e. The molecule has 0 aliphatic carbocycles. The van der Waals surface area contributed by atoms with Crippen LogP contribution in [-0.4, -0.2) is 23.5 Å². The fraction of sp³-hybridized carbons (Fsp3) is 0.100. The third-order valence-corrected chi connectivity index (χ3v) is 5.88. The fourth-order valence-electron chi connectivity index (χ4n) is 3.82. The molecule has 37 heavy (non-hydrogen) atoms. The second kappa shape index (κ2) is 13.0. The first-order valence-corrected chi connectivity index (χ1v) is 12.3. The third kappa shape index (κ3) is 7.49. The van der Waals surface area contributed by atoms with Gasteiger partial charge in [-0.3, -0.25) is 25.8 Å². The molecule has 0 aromatic heterocycles. The molecule has 0 aliphatic heterocycles. The highest BCUT2D eigenvalue weighted by Crippen LogP contribution is 2.24. The molecule has 0 heterocycles. The standard InChI is InChI=1S/C30H27N3O3S/c34-28(25-16-18-26(19-17-25)36-21-20-22-10-4-1-5-11-22)31-30(37)33-32-29(35)27(23-12-6-2-7-13-23)24-14-8-3-9-15-24/h1-19,27H,20-21H2,(H,32,35)(H2,31,33,34,37). The molecule has 4 aromatic carbocycles. The molecule has 3 N–H and O–H groups in total. The van der Waals surface area contributed by atoms with Gasteiger partial charge >= 0.3 is 0 Å². The number of ether oxygens (including phenoxy) is 1. The van der Waals surface area contributed by atoms with Crippen molar-refractivity contribution in [1.82, 2.24) is 16.2 Å². The van der Waals surface area contributed by atoms with Crippen LogP contribution < -0.4 is 20.9 Å². The molecule has 6 nitrogen and oxygen atoms in total. The number of nitrogens with one attached hydrogen (secondary N) is 3. The lowest BCUT2D eigenvalue weighted by molar-refractivity contribution is -0.122. The van der Waals surface area contributed by atoms with Crippen molar-refractivity contribution in [3.8, 4) is 5.75 Å². The average Bonchev–Trinajstić information content (AvgIpc) is 2.94. The van der Waals surface area contributed by atoms with Crippen LogP contribution in [0.1, 0.15) is 33.0 Å². The monoisotopic (exact) mass is 509 g/mol. The van der Waals surface area contributed by atoms with E-state index < -0.39 is 11.8 Å². The first kappa shape index (κ1) is 25.6. The first-order valence-electron chi connectivity index (χ1n) is 11.9. The molecular weight excluding hydrogens is 482 g/mol. The van der Waals surface area contributed by atoms with Crippen LogP contribution in [-0.2, 0) is 11.2 Å². The van der Waals surface area contributed by atoms with Gasteiger partial charge in [-0.25, -0.2) is 0 Å². The minimum Gasteiger partial charge on any atom is -0.493 e. The van der Waals surface area contributed by atoms with E-state index in [-0.39, 0.29) is 11.0 Å². The van der Waals surface area contributed by atoms with Gasteiger partial charge in [-0.05, 0) is 53.2 Å². The Hall–Kier alpha value is -4.49. The highest BCUT2D eigenvalue weighted by Gasteiger charge is 2.22. The minimum atomic E-state index is -0.539. The Morgan fingerprint density at radius 1 is 0.703 bits per heavy atom. The van der Waals surface area contributed by atoms with E-state index in [1.165, 1.54) is 5.56 Å². The number of amides is 2. The molecule has 0 saturated carbocycles. The summed E-state index contributed by atoms with van der Waals surface area (Å²) >= 11 is 5.22. The van der Waals surface area contributed by atoms with E-state index in [0.29, 0.717) is 17.9 Å². The molecule has 4 rings (SSSR count). The normalized spacial score (nSPS) is 10.4. The summed E-state index contributed by atoms with van der Waals surface area (Å²) in [4.78, 5) is 25.7. The number of hydrazine groups is 1. The van der Waals surface area contributed by atoms with Gasteiger partial charge in [0.2, 0.25) is 5.91 Å². The van der Waals surface area contributed by atoms with Crippen molar-refractivity contribution in [2.45, 2.75) is 12.3 Å². The van der Waals surface area contributed by atoms with Crippen molar-refractivity contribution < 1.29 is 14.3 Å². The van der Waals surface area contributed by atoms with Gasteiger partial charge in [0.1, 0.15) is 5.75 Å². The van der Waals surface area contributed by atoms with Crippen LogP contribution in [0.3, 0.4) is 0 Å². The number of thiocarbonyl (C=S) groups is 1. The van der Waals surface area contributed by atoms with Crippen LogP contribution >= 0.6 is 12.2 Å². The van der Waals surface area contributed by atoms with Crippen LogP contribution in [0, 0.1) is 0 Å². The fourth-order valence-corrected chi connectivity index (χ4v) is 3.96. The Bertz CT molecular complexity index is 1280. The Kier molecular flexibility index (Phi) is 8.99. The highest BCUT2D eigenvalue weighted by atomic mass is 32.1. The number of benzene rings is 4. The molecule has 0 unspecified atom stereocenters. The van der Waals surface area contributed by atoms with Gasteiger partial charge in [0.15, 0.2) is 5.11 Å². The van der Waals surface area contributed by atoms with E-state index in [4.69, 9.17) is 17.0 Å². The summed E-state index contributed by atoms with van der Waals surface area (Å²) in [7, 11) is 0. The second-order valence-corrected chi connectivity index (χ2v) is 8.67. The summed E-state index contributed by atoms with van der Waals surface area (Å²) in [5, 5.41) is 2.57. The lowest BCUT2D eigenvalue weighted by atomic mass is 9.91. The van der Waals surface area contributed by atoms with Crippen LogP contribution in [0.15, 0.2) is 115 Å². The molecule has 186 valence electrons. The van der Waals surface area contributed by atoms with Gasteiger partial charge in [-0.2, -0.15) is 0 Å². The van der Waals surface area contributed by atoms with Gasteiger partial charge in [-0.1, -0.05) is 91.0 Å². The summed E-state index contributed by atoms with van der Waals surface area (Å²) in [6.07, 6.45) is 0.796. The van der Waals surface area contributed by atoms with Crippen molar-refractivity contribution in [2.24, 2.45) is 0 Å². The second-order valence-electron chi connectivity index (χ2n) is 8.26. The molecule has 7 heteroatoms. The van der Waals surface area contributed by atoms with Gasteiger partial charge in [-0.15, -0.1) is 0 Å². The molecule has 0 bridgehead atoms. The summed E-state index contributed by atoms with van der Waals surface area (Å²) in [6, 6.07) is 35.8. The predicted molar refractivity (Wildman–Crippen MR) is 148 cm³/mol. The van der Waals surface area contributed by atoms with E-state index in [1.54, 1.807) is 24.3 Å². The van der Waals surface area contributed by atoms with Gasteiger partial charge in [0.05, 0.1) is 12.5 Å². The Balaban J connectivity index is 1.28. The van der Waals surface area contributed by atoms with Gasteiger partial charge in [0, 0.05) is 12.0 Å². The SMILES string of the molecule is O=C(NC(=S)NNC(=O)C(c1ccccc1)c1ccccc1)c1ccc(OCCc2ccccc2)cc1. The van der Waals surface area contributed by atoms with Gasteiger partial charge < -0.3 is 4.74 Å². The quantitative estimate of drug-likeness (QED) is 0.235. The van der Waals surface area contributed by atoms with Gasteiger partial charge in [0.25, 0.3) is 5.91 Å². The Morgan fingerprint density at radius 2 is 1.24 bits per heavy atom. The number of carbonyl (C=O) groups is 2. The molecule has 4 aromatic rings. The maximum atomic E-state index is 13.1. The first-order chi connectivity index (χ1) is 18.1. The summed E-state index contributed by atoms with van der Waals surface area (Å²) < 4.78 is 5.77. The Labute approximate surface area is 221 Å². The topological polar surface area (TPSA) is 79.5 Å². The molecule has 0 fully saturated rings. The number of hydrogen-bond acceptors (Lipinski definition) is 4. The number of rotatable bonds is 8. The van der Waals surface area contributed by atoms with E-state index in [0.717, 1.165) is 17.5 Å². The maximum absolute atomic E-state index is 13.1. The Morgan fingerprint density at radius 3 is 1.81 bits per heavy atom. The van der Waals surface area contributed by atoms with Crippen LogP contribution in [0.5, 0.6) is 5.75 Å². The zero-order chi connectivity index (χ0) is 25.9. The van der Waals surface area contributed by atoms with Crippen molar-refractivity contribution in [2.75, 3.05) is 6.61 Å². The van der Waals surface area contributed by atoms with Crippen LogP contribution in [0.25, 0.3) is 0 Å². The van der Waals surface area contributed by atoms with Crippen LogP contribution in [0.2, 0.25) is 0 Å². The number of carbonyl (C=O) groups excluding carboxylic acids is 2. The van der Waals surface area contributed by atoms with Crippen LogP contribution in [0.4, 0.5) is 0 Å². The van der Waals surface area contributed by atoms with Crippen molar-refractivity contribution >= 4 is 29.1 Å². The number of hydrogen-bond donors (Lipinski definition) is 3. The molecule has 0 spiro atoms. The zero-order valence-electron chi connectivity index (χ0n) is 20.1. The summed E-state index contributed by atoms with van der Waals surface area (Å²) in [5.41, 5.74) is 8.55. The smallest absolute Gasteiger partial charge is 0.257 e. The molecule has 0 radical (unpaired) electrons. The molecule has 0 saturated heterocycles. The molecule has 0 atom stereocenters. The summed E-state index contributed by atoms with van der Waals surface area (Å²) in [6.45, 7) is 0.538. The van der Waals surface area contributed by atoms with E-state index in [2.05, 4.69) is 28.3 Å². The predicted octanol–water partition coefficient (Wildman–Crippen LogP) is 4.78. The van der Waals surface area contributed by atoms with Crippen molar-refractivity contribution in [3.63, 3.8) is 0 Å². The average molecular weight is 510 g/mol. The molecule has 2 amide bonds. The lowest BCUT2D eigenvalue weighted by Gasteiger charge is -2.19. The molecule has 0 aliphatic rings. The maximum Gasteiger partial charge on any atom is 0.257 e. The van der Waals surface area contributed by atoms with E-state index in [1.807, 2.05) is 78.9 Å². The third-order valence-electron chi connectivity index (χ3n) is 5.67. The summed E-state index contributed by atoms with van der Waals surface area (Å²) in [5.74, 6) is -0.563. The lowest BCUT2D eigenvalue weighted by Crippen LogP contribution is -2.49. The highest BCUT2D eigenvalue weighted by molar-refractivity contribution is 7.80.